The van der Waals surface area contributed by atoms with Gasteiger partial charge in [0.1, 0.15) is 6.10 Å². The lowest BCUT2D eigenvalue weighted by atomic mass is 9.87. The highest BCUT2D eigenvalue weighted by Crippen LogP contribution is 2.42. The maximum atomic E-state index is 12.2. The second-order valence-corrected chi connectivity index (χ2v) is 31.2. The first-order valence-corrected chi connectivity index (χ1v) is 27.1. The van der Waals surface area contributed by atoms with Crippen LogP contribution in [0.25, 0.3) is 0 Å². The van der Waals surface area contributed by atoms with Crippen molar-refractivity contribution in [2.24, 2.45) is 0 Å². The van der Waals surface area contributed by atoms with E-state index in [0.29, 0.717) is 12.8 Å². The van der Waals surface area contributed by atoms with Gasteiger partial charge in [-0.3, -0.25) is 0 Å². The molecule has 0 spiro atoms. The highest BCUT2D eigenvalue weighted by atomic mass is 28.4. The van der Waals surface area contributed by atoms with Crippen LogP contribution in [-0.2, 0) is 32.1 Å². The number of esters is 1. The average Bonchev–Trinajstić information content (AvgIpc) is 3.24. The maximum Gasteiger partial charge on any atom is 0.486 e. The molecule has 0 saturated carbocycles. The Hall–Kier alpha value is -0.794. The number of hydrogen-bond acceptors (Lipinski definition) is 7. The average molecular weight is 737 g/mol. The minimum absolute atomic E-state index is 0.0152. The first-order valence-electron chi connectivity index (χ1n) is 19.2. The largest absolute Gasteiger partial charge is 0.486 e. The maximum absolute atomic E-state index is 12.2. The zero-order valence-electron chi connectivity index (χ0n) is 34.3. The van der Waals surface area contributed by atoms with Crippen LogP contribution < -0.4 is 0 Å². The van der Waals surface area contributed by atoms with Gasteiger partial charge < -0.3 is 27.3 Å². The van der Waals surface area contributed by atoms with Crippen molar-refractivity contribution in [2.75, 3.05) is 0 Å². The summed E-state index contributed by atoms with van der Waals surface area (Å²) in [5.74, 6) is 1.74. The fourth-order valence-corrected chi connectivity index (χ4v) is 13.7. The van der Waals surface area contributed by atoms with E-state index in [1.165, 1.54) is 6.08 Å². The quantitative estimate of drug-likeness (QED) is 0.0743. The van der Waals surface area contributed by atoms with Gasteiger partial charge in [0, 0.05) is 18.9 Å². The molecule has 49 heavy (non-hydrogen) atoms. The van der Waals surface area contributed by atoms with Gasteiger partial charge in [0.25, 0.3) is 0 Å². The molecule has 282 valence electrons. The molecular formula is C38H73BO7Si3. The second kappa shape index (κ2) is 17.4. The molecule has 2 aliphatic heterocycles. The van der Waals surface area contributed by atoms with Gasteiger partial charge in [-0.1, -0.05) is 86.5 Å². The number of hydrogen-bond donors (Lipinski definition) is 0. The molecule has 1 saturated heterocycles. The van der Waals surface area contributed by atoms with Crippen LogP contribution in [0.15, 0.2) is 36.4 Å². The van der Waals surface area contributed by atoms with Gasteiger partial charge in [-0.15, -0.1) is 0 Å². The Labute approximate surface area is 304 Å². The van der Waals surface area contributed by atoms with Crippen LogP contribution in [-0.4, -0.2) is 73.2 Å². The second-order valence-electron chi connectivity index (χ2n) is 17.0. The zero-order chi connectivity index (χ0) is 37.5. The molecule has 0 aromatic heterocycles. The number of ether oxygens (including phenoxy) is 1. The molecule has 0 unspecified atom stereocenters. The SMILES string of the molecule is CC[Si](CC)(CC)O[C@H](C[C@H](/C=C\B1OC(C)(C)C(C)(C)O1)O[Si](C)(C)C(C)(C)C)[C@@](C)(/C=C/[C@H]1CC=CC(=O)O1)O[Si](CC)(CC)CC. The van der Waals surface area contributed by atoms with Crippen molar-refractivity contribution in [3.8, 4) is 0 Å². The Morgan fingerprint density at radius 3 is 1.84 bits per heavy atom. The van der Waals surface area contributed by atoms with Gasteiger partial charge in [0.05, 0.1) is 29.0 Å². The lowest BCUT2D eigenvalue weighted by molar-refractivity contribution is -0.141. The predicted molar refractivity (Wildman–Crippen MR) is 213 cm³/mol. The summed E-state index contributed by atoms with van der Waals surface area (Å²) in [5, 5.41) is 0.0152. The van der Waals surface area contributed by atoms with E-state index in [1.54, 1.807) is 0 Å². The Kier molecular flexibility index (Phi) is 15.7. The van der Waals surface area contributed by atoms with E-state index in [0.717, 1.165) is 36.3 Å². The fourth-order valence-electron chi connectivity index (χ4n) is 6.41. The molecule has 2 heterocycles. The van der Waals surface area contributed by atoms with E-state index in [9.17, 15) is 4.79 Å². The van der Waals surface area contributed by atoms with E-state index in [4.69, 9.17) is 27.3 Å². The summed E-state index contributed by atoms with van der Waals surface area (Å²) < 4.78 is 40.8. The Bertz CT molecular complexity index is 1120. The third-order valence-corrected chi connectivity index (χ3v) is 26.2. The topological polar surface area (TPSA) is 72.5 Å². The number of cyclic esters (lactones) is 1. The Balaban J connectivity index is 2.76. The van der Waals surface area contributed by atoms with Crippen molar-refractivity contribution < 1.29 is 32.1 Å². The highest BCUT2D eigenvalue weighted by molar-refractivity contribution is 6.74. The van der Waals surface area contributed by atoms with Crippen LogP contribution in [0.1, 0.15) is 110 Å². The lowest BCUT2D eigenvalue weighted by Gasteiger charge is -2.48. The summed E-state index contributed by atoms with van der Waals surface area (Å²) >= 11 is 0. The molecule has 0 amide bonds. The fraction of sp³-hybridized carbons (Fsp3) is 0.816. The predicted octanol–water partition coefficient (Wildman–Crippen LogP) is 10.6. The van der Waals surface area contributed by atoms with Crippen molar-refractivity contribution in [1.82, 2.24) is 0 Å². The van der Waals surface area contributed by atoms with Crippen LogP contribution in [0, 0.1) is 0 Å². The Morgan fingerprint density at radius 2 is 1.39 bits per heavy atom. The summed E-state index contributed by atoms with van der Waals surface area (Å²) in [6.07, 6.45) is 10.1. The molecule has 0 bridgehead atoms. The standard InChI is InChI=1S/C38H73BO7Si3/c1-17-48(18-2,19-3)43-33(38(14,46-49(20-4,21-5)22-6)28-26-31-24-23-25-34(40)41-31)30-32(42-47(15,16)35(7,8)9)27-29-39-44-36(10,11)37(12,13)45-39/h23,25-29,31-33H,17-22,24,30H2,1-16H3/b28-26+,29-27-/t31-,32+,33-,38-/m1/s1. The van der Waals surface area contributed by atoms with Gasteiger partial charge in [0.2, 0.25) is 0 Å². The molecule has 2 rings (SSSR count). The van der Waals surface area contributed by atoms with Crippen molar-refractivity contribution in [1.29, 1.82) is 0 Å². The number of rotatable bonds is 19. The summed E-state index contributed by atoms with van der Waals surface area (Å²) in [4.78, 5) is 12.2. The molecule has 0 aromatic rings. The number of carbonyl (C=O) groups is 1. The van der Waals surface area contributed by atoms with Crippen molar-refractivity contribution in [3.05, 3.63) is 36.4 Å². The molecule has 2 aliphatic rings. The van der Waals surface area contributed by atoms with E-state index in [-0.39, 0.29) is 29.3 Å². The molecule has 0 aromatic carbocycles. The Morgan fingerprint density at radius 1 is 0.878 bits per heavy atom. The van der Waals surface area contributed by atoms with Gasteiger partial charge in [-0.25, -0.2) is 4.79 Å². The monoisotopic (exact) mass is 736 g/mol. The zero-order valence-corrected chi connectivity index (χ0v) is 37.3. The van der Waals surface area contributed by atoms with Crippen molar-refractivity contribution >= 4 is 38.0 Å². The molecule has 0 radical (unpaired) electrons. The van der Waals surface area contributed by atoms with Gasteiger partial charge in [0.15, 0.2) is 25.0 Å². The van der Waals surface area contributed by atoms with Crippen molar-refractivity contribution in [2.45, 2.75) is 199 Å². The molecule has 7 nitrogen and oxygen atoms in total. The smallest absolute Gasteiger partial charge is 0.455 e. The third kappa shape index (κ3) is 11.3. The summed E-state index contributed by atoms with van der Waals surface area (Å²) in [6, 6.07) is 6.12. The first kappa shape index (κ1) is 44.4. The molecule has 1 fully saturated rings. The van der Waals surface area contributed by atoms with Crippen LogP contribution in [0.2, 0.25) is 54.4 Å². The summed E-state index contributed by atoms with van der Waals surface area (Å²) in [5.41, 5.74) is -1.63. The van der Waals surface area contributed by atoms with Crippen LogP contribution in [0.3, 0.4) is 0 Å². The normalized spacial score (nSPS) is 22.9. The highest BCUT2D eigenvalue weighted by Gasteiger charge is 2.51. The lowest BCUT2D eigenvalue weighted by Crippen LogP contribution is -2.56. The molecule has 0 N–H and O–H groups in total. The summed E-state index contributed by atoms with van der Waals surface area (Å²) in [6.45, 7) is 35.7. The van der Waals surface area contributed by atoms with Crippen LogP contribution in [0.5, 0.6) is 0 Å². The van der Waals surface area contributed by atoms with Crippen molar-refractivity contribution in [3.63, 3.8) is 0 Å². The number of carbonyl (C=O) groups excluding carboxylic acids is 1. The van der Waals surface area contributed by atoms with E-state index < -0.39 is 48.9 Å². The molecule has 11 heteroatoms. The minimum atomic E-state index is -2.22. The molecule has 0 aliphatic carbocycles. The van der Waals surface area contributed by atoms with Crippen LogP contribution >= 0.6 is 0 Å². The van der Waals surface area contributed by atoms with Gasteiger partial charge >= 0.3 is 13.1 Å². The summed E-state index contributed by atoms with van der Waals surface area (Å²) in [7, 11) is -6.98. The van der Waals surface area contributed by atoms with Gasteiger partial charge in [-0.05, 0) is 95.1 Å². The van der Waals surface area contributed by atoms with Crippen LogP contribution in [0.4, 0.5) is 0 Å². The molecule has 4 atom stereocenters. The van der Waals surface area contributed by atoms with Gasteiger partial charge in [-0.2, -0.15) is 0 Å². The van der Waals surface area contributed by atoms with E-state index >= 15 is 0 Å². The first-order chi connectivity index (χ1) is 22.5. The molecular weight excluding hydrogens is 663 g/mol. The minimum Gasteiger partial charge on any atom is -0.455 e. The third-order valence-electron chi connectivity index (χ3n) is 12.3. The van der Waals surface area contributed by atoms with E-state index in [2.05, 4.69) is 122 Å². The van der Waals surface area contributed by atoms with E-state index in [1.807, 2.05) is 18.1 Å².